The summed E-state index contributed by atoms with van der Waals surface area (Å²) in [5.74, 6) is 0. The van der Waals surface area contributed by atoms with Crippen LogP contribution < -0.4 is 10.6 Å². The number of rotatable bonds is 7. The van der Waals surface area contributed by atoms with Crippen molar-refractivity contribution in [1.82, 2.24) is 5.32 Å². The molecular formula is C14H20N2O2. The second-order valence-electron chi connectivity index (χ2n) is 3.83. The van der Waals surface area contributed by atoms with Gasteiger partial charge in [-0.2, -0.15) is 0 Å². The third kappa shape index (κ3) is 5.39. The van der Waals surface area contributed by atoms with Crippen LogP contribution in [0.3, 0.4) is 0 Å². The maximum absolute atomic E-state index is 11.6. The Hall–Kier alpha value is -1.97. The first-order chi connectivity index (χ1) is 8.76. The molecule has 0 radical (unpaired) electrons. The van der Waals surface area contributed by atoms with Crippen LogP contribution in [0.5, 0.6) is 0 Å². The molecule has 1 rings (SSSR count). The van der Waals surface area contributed by atoms with Gasteiger partial charge in [-0.3, -0.25) is 0 Å². The van der Waals surface area contributed by atoms with Crippen LogP contribution in [0.2, 0.25) is 0 Å². The predicted octanol–water partition coefficient (Wildman–Crippen LogP) is 2.92. The van der Waals surface area contributed by atoms with Gasteiger partial charge in [0.1, 0.15) is 0 Å². The molecule has 4 heteroatoms. The maximum atomic E-state index is 11.6. The van der Waals surface area contributed by atoms with E-state index >= 15 is 0 Å². The van der Waals surface area contributed by atoms with E-state index in [1.54, 1.807) is 0 Å². The molecule has 0 spiro atoms. The molecule has 0 saturated carbocycles. The number of benzene rings is 1. The van der Waals surface area contributed by atoms with Crippen molar-refractivity contribution in [2.75, 3.05) is 18.5 Å². The van der Waals surface area contributed by atoms with Gasteiger partial charge in [-0.25, -0.2) is 4.79 Å². The largest absolute Gasteiger partial charge is 0.502 e. The zero-order valence-corrected chi connectivity index (χ0v) is 10.7. The van der Waals surface area contributed by atoms with Crippen molar-refractivity contribution in [2.45, 2.75) is 19.8 Å². The van der Waals surface area contributed by atoms with E-state index in [0.29, 0.717) is 13.2 Å². The number of amides is 2. The minimum absolute atomic E-state index is 0.193. The summed E-state index contributed by atoms with van der Waals surface area (Å²) in [4.78, 5) is 11.6. The van der Waals surface area contributed by atoms with E-state index in [1.807, 2.05) is 24.3 Å². The van der Waals surface area contributed by atoms with E-state index in [9.17, 15) is 4.79 Å². The van der Waals surface area contributed by atoms with Crippen molar-refractivity contribution >= 4 is 11.7 Å². The highest BCUT2D eigenvalue weighted by atomic mass is 16.5. The summed E-state index contributed by atoms with van der Waals surface area (Å²) in [5.41, 5.74) is 2.02. The maximum Gasteiger partial charge on any atom is 0.319 e. The molecule has 0 heterocycles. The molecule has 0 bridgehead atoms. The minimum Gasteiger partial charge on any atom is -0.502 e. The van der Waals surface area contributed by atoms with E-state index in [0.717, 1.165) is 18.5 Å². The van der Waals surface area contributed by atoms with E-state index in [2.05, 4.69) is 24.1 Å². The second kappa shape index (κ2) is 8.17. The molecular weight excluding hydrogens is 228 g/mol. The summed E-state index contributed by atoms with van der Waals surface area (Å²) < 4.78 is 4.96. The fourth-order valence-electron chi connectivity index (χ4n) is 1.49. The van der Waals surface area contributed by atoms with E-state index in [-0.39, 0.29) is 6.03 Å². The molecule has 0 aliphatic heterocycles. The summed E-state index contributed by atoms with van der Waals surface area (Å²) in [6.07, 6.45) is 3.11. The van der Waals surface area contributed by atoms with Gasteiger partial charge in [0.05, 0.1) is 12.9 Å². The van der Waals surface area contributed by atoms with Crippen molar-refractivity contribution in [3.63, 3.8) is 0 Å². The summed E-state index contributed by atoms with van der Waals surface area (Å²) >= 11 is 0. The molecule has 98 valence electrons. The van der Waals surface area contributed by atoms with Gasteiger partial charge in [0.25, 0.3) is 0 Å². The van der Waals surface area contributed by atoms with E-state index < -0.39 is 0 Å². The third-order valence-electron chi connectivity index (χ3n) is 2.44. The number of carbonyl (C=O) groups is 1. The van der Waals surface area contributed by atoms with Crippen molar-refractivity contribution < 1.29 is 9.53 Å². The first kappa shape index (κ1) is 14.1. The topological polar surface area (TPSA) is 50.4 Å². The van der Waals surface area contributed by atoms with Crippen LogP contribution in [0.15, 0.2) is 37.1 Å². The van der Waals surface area contributed by atoms with Gasteiger partial charge in [-0.05, 0) is 30.5 Å². The van der Waals surface area contributed by atoms with Gasteiger partial charge in [0.15, 0.2) is 0 Å². The smallest absolute Gasteiger partial charge is 0.319 e. The predicted molar refractivity (Wildman–Crippen MR) is 73.6 cm³/mol. The number of nitrogens with one attached hydrogen (secondary N) is 2. The van der Waals surface area contributed by atoms with E-state index in [4.69, 9.17) is 4.74 Å². The Morgan fingerprint density at radius 2 is 2.33 bits per heavy atom. The second-order valence-corrected chi connectivity index (χ2v) is 3.83. The summed E-state index contributed by atoms with van der Waals surface area (Å²) in [6, 6.07) is 7.63. The molecule has 0 atom stereocenters. The Morgan fingerprint density at radius 3 is 3.06 bits per heavy atom. The number of hydrogen-bond acceptors (Lipinski definition) is 2. The lowest BCUT2D eigenvalue weighted by Crippen LogP contribution is -2.30. The van der Waals surface area contributed by atoms with Gasteiger partial charge in [-0.1, -0.05) is 25.6 Å². The zero-order valence-electron chi connectivity index (χ0n) is 10.7. The Balaban J connectivity index is 2.28. The normalized spacial score (nSPS) is 9.61. The first-order valence-corrected chi connectivity index (χ1v) is 6.12. The average Bonchev–Trinajstić information content (AvgIpc) is 2.38. The third-order valence-corrected chi connectivity index (χ3v) is 2.44. The van der Waals surface area contributed by atoms with Gasteiger partial charge in [-0.15, -0.1) is 0 Å². The number of hydrogen-bond donors (Lipinski definition) is 2. The average molecular weight is 248 g/mol. The molecule has 18 heavy (non-hydrogen) atoms. The van der Waals surface area contributed by atoms with Crippen LogP contribution in [-0.2, 0) is 11.2 Å². The van der Waals surface area contributed by atoms with Crippen LogP contribution in [0.25, 0.3) is 0 Å². The lowest BCUT2D eigenvalue weighted by molar-refractivity contribution is 0.238. The van der Waals surface area contributed by atoms with Crippen molar-refractivity contribution in [3.05, 3.63) is 42.7 Å². The lowest BCUT2D eigenvalue weighted by atomic mass is 10.1. The molecule has 4 nitrogen and oxygen atoms in total. The Labute approximate surface area is 108 Å². The van der Waals surface area contributed by atoms with Crippen LogP contribution in [-0.4, -0.2) is 19.2 Å². The number of anilines is 1. The number of aryl methyl sites for hydroxylation is 1. The molecule has 2 N–H and O–H groups in total. The first-order valence-electron chi connectivity index (χ1n) is 6.12. The lowest BCUT2D eigenvalue weighted by Gasteiger charge is -2.08. The highest BCUT2D eigenvalue weighted by Crippen LogP contribution is 2.10. The number of ether oxygens (including phenoxy) is 1. The van der Waals surface area contributed by atoms with E-state index in [1.165, 1.54) is 11.8 Å². The fraction of sp³-hybridized carbons (Fsp3) is 0.357. The molecule has 1 aromatic carbocycles. The Bertz CT molecular complexity index is 391. The molecule has 2 amide bonds. The Kier molecular flexibility index (Phi) is 6.40. The monoisotopic (exact) mass is 248 g/mol. The molecule has 0 aliphatic carbocycles. The zero-order chi connectivity index (χ0) is 13.2. The van der Waals surface area contributed by atoms with Gasteiger partial charge < -0.3 is 15.4 Å². The van der Waals surface area contributed by atoms with Crippen LogP contribution in [0.1, 0.15) is 18.9 Å². The highest BCUT2D eigenvalue weighted by Gasteiger charge is 2.01. The number of urea groups is 1. The van der Waals surface area contributed by atoms with Crippen molar-refractivity contribution in [3.8, 4) is 0 Å². The minimum atomic E-state index is -0.193. The highest BCUT2D eigenvalue weighted by molar-refractivity contribution is 5.89. The molecule has 1 aromatic rings. The van der Waals surface area contributed by atoms with Gasteiger partial charge >= 0.3 is 6.03 Å². The van der Waals surface area contributed by atoms with Crippen LogP contribution in [0.4, 0.5) is 10.5 Å². The van der Waals surface area contributed by atoms with Crippen LogP contribution in [0, 0.1) is 0 Å². The fourth-order valence-corrected chi connectivity index (χ4v) is 1.49. The number of carbonyl (C=O) groups excluding carboxylic acids is 1. The molecule has 0 aromatic heterocycles. The van der Waals surface area contributed by atoms with Crippen LogP contribution >= 0.6 is 0 Å². The molecule has 0 aliphatic rings. The Morgan fingerprint density at radius 1 is 1.50 bits per heavy atom. The summed E-state index contributed by atoms with van der Waals surface area (Å²) in [5, 5.41) is 5.56. The van der Waals surface area contributed by atoms with Gasteiger partial charge in [0.2, 0.25) is 0 Å². The van der Waals surface area contributed by atoms with Gasteiger partial charge in [0, 0.05) is 12.2 Å². The molecule has 0 saturated heterocycles. The molecule has 0 unspecified atom stereocenters. The van der Waals surface area contributed by atoms with Crippen molar-refractivity contribution in [1.29, 1.82) is 0 Å². The molecule has 0 fully saturated rings. The SMILES string of the molecule is C=COCCCNC(=O)Nc1cccc(CC)c1. The summed E-state index contributed by atoms with van der Waals surface area (Å²) in [6.45, 7) is 6.67. The quantitative estimate of drug-likeness (QED) is 0.576. The summed E-state index contributed by atoms with van der Waals surface area (Å²) in [7, 11) is 0. The van der Waals surface area contributed by atoms with Crippen molar-refractivity contribution in [2.24, 2.45) is 0 Å². The standard InChI is InChI=1S/C14H20N2O2/c1-3-12-7-5-8-13(11-12)16-14(17)15-9-6-10-18-4-2/h4-5,7-8,11H,2-3,6,9-10H2,1H3,(H2,15,16,17).